The zero-order chi connectivity index (χ0) is 15.9. The fraction of sp³-hybridized carbons (Fsp3) is 0.294. The number of likely N-dealkylation sites (N-methyl/N-ethyl adjacent to an activating group) is 1. The molecule has 5 heteroatoms. The van der Waals surface area contributed by atoms with Gasteiger partial charge < -0.3 is 14.4 Å². The lowest BCUT2D eigenvalue weighted by Crippen LogP contribution is -2.32. The Morgan fingerprint density at radius 2 is 1.91 bits per heavy atom. The highest BCUT2D eigenvalue weighted by Crippen LogP contribution is 2.35. The molecule has 0 heterocycles. The van der Waals surface area contributed by atoms with Gasteiger partial charge in [0.25, 0.3) is 0 Å². The van der Waals surface area contributed by atoms with Crippen LogP contribution in [0.5, 0.6) is 11.5 Å². The first-order valence-electron chi connectivity index (χ1n) is 7.12. The van der Waals surface area contributed by atoms with Crippen LogP contribution < -0.4 is 9.64 Å². The number of para-hydroxylation sites is 1. The Hall–Kier alpha value is -2.40. The van der Waals surface area contributed by atoms with E-state index in [1.165, 1.54) is 0 Å². The maximum absolute atomic E-state index is 7.29. The smallest absolute Gasteiger partial charge is 0.156 e. The van der Waals surface area contributed by atoms with Gasteiger partial charge in [-0.15, -0.1) is 0 Å². The molecule has 1 N–H and O–H groups in total. The van der Waals surface area contributed by atoms with Gasteiger partial charge in [0, 0.05) is 32.0 Å². The van der Waals surface area contributed by atoms with Gasteiger partial charge in [0.2, 0.25) is 0 Å². The lowest BCUT2D eigenvalue weighted by Gasteiger charge is -2.27. The summed E-state index contributed by atoms with van der Waals surface area (Å²) in [5, 5.41) is 3.53. The van der Waals surface area contributed by atoms with E-state index >= 15 is 0 Å². The third kappa shape index (κ3) is 3.83. The predicted molar refractivity (Wildman–Crippen MR) is 87.5 cm³/mol. The molecule has 0 amide bonds. The van der Waals surface area contributed by atoms with Crippen LogP contribution >= 0.6 is 0 Å². The van der Waals surface area contributed by atoms with Crippen LogP contribution in [-0.2, 0) is 4.74 Å². The van der Waals surface area contributed by atoms with Crippen molar-refractivity contribution in [3.05, 3.63) is 48.5 Å². The second-order valence-electron chi connectivity index (χ2n) is 5.09. The molecular formula is C17H21N3O2. The molecular weight excluding hydrogens is 278 g/mol. The summed E-state index contributed by atoms with van der Waals surface area (Å²) < 4.78 is 11.1. The first kappa shape index (κ1) is 16.0. The number of anilines is 1. The Morgan fingerprint density at radius 1 is 1.18 bits per heavy atom. The minimum atomic E-state index is 0.230. The molecule has 1 unspecified atom stereocenters. The van der Waals surface area contributed by atoms with Gasteiger partial charge in [-0.3, -0.25) is 0 Å². The number of ether oxygens (including phenoxy) is 2. The van der Waals surface area contributed by atoms with Gasteiger partial charge in [0.1, 0.15) is 11.4 Å². The van der Waals surface area contributed by atoms with Crippen LogP contribution in [-0.4, -0.2) is 26.8 Å². The largest absolute Gasteiger partial charge is 0.455 e. The average molecular weight is 299 g/mol. The maximum atomic E-state index is 7.29. The summed E-state index contributed by atoms with van der Waals surface area (Å²) in [7, 11) is 3.69. The molecule has 0 bridgehead atoms. The van der Waals surface area contributed by atoms with E-state index in [4.69, 9.17) is 15.0 Å². The van der Waals surface area contributed by atoms with Crippen molar-refractivity contribution in [2.24, 2.45) is 5.11 Å². The van der Waals surface area contributed by atoms with Crippen molar-refractivity contribution in [1.29, 1.82) is 5.53 Å². The van der Waals surface area contributed by atoms with Crippen LogP contribution in [0.15, 0.2) is 53.6 Å². The molecule has 0 aliphatic heterocycles. The molecule has 22 heavy (non-hydrogen) atoms. The minimum Gasteiger partial charge on any atom is -0.455 e. The van der Waals surface area contributed by atoms with Crippen molar-refractivity contribution in [3.8, 4) is 11.5 Å². The van der Waals surface area contributed by atoms with Crippen molar-refractivity contribution in [2.45, 2.75) is 13.0 Å². The Kier molecular flexibility index (Phi) is 5.49. The third-order valence-corrected chi connectivity index (χ3v) is 3.51. The monoisotopic (exact) mass is 299 g/mol. The topological polar surface area (TPSA) is 57.9 Å². The number of hydrogen-bond acceptors (Lipinski definition) is 5. The molecule has 116 valence electrons. The molecule has 0 fully saturated rings. The lowest BCUT2D eigenvalue weighted by atomic mass is 10.2. The highest BCUT2D eigenvalue weighted by molar-refractivity contribution is 5.62. The van der Waals surface area contributed by atoms with Crippen molar-refractivity contribution >= 4 is 11.4 Å². The standard InChI is InChI=1S/C17H21N3O2/c1-13(12-21-3)20(2)14-9-10-16(19-18)17(11-14)22-15-7-5-4-6-8-15/h4-11,13,18H,12H2,1-3H3. The van der Waals surface area contributed by atoms with Crippen LogP contribution in [0.3, 0.4) is 0 Å². The Morgan fingerprint density at radius 3 is 2.55 bits per heavy atom. The van der Waals surface area contributed by atoms with E-state index in [2.05, 4.69) is 16.9 Å². The van der Waals surface area contributed by atoms with E-state index in [1.54, 1.807) is 13.2 Å². The van der Waals surface area contributed by atoms with Gasteiger partial charge in [-0.1, -0.05) is 18.2 Å². The Balaban J connectivity index is 2.28. The number of nitrogens with zero attached hydrogens (tertiary/aromatic N) is 2. The van der Waals surface area contributed by atoms with Crippen molar-refractivity contribution in [1.82, 2.24) is 0 Å². The van der Waals surface area contributed by atoms with Crippen LogP contribution in [0.25, 0.3) is 0 Å². The van der Waals surface area contributed by atoms with Crippen molar-refractivity contribution < 1.29 is 9.47 Å². The van der Waals surface area contributed by atoms with Gasteiger partial charge in [0.05, 0.1) is 6.61 Å². The van der Waals surface area contributed by atoms with Crippen LogP contribution in [0, 0.1) is 5.53 Å². The summed E-state index contributed by atoms with van der Waals surface area (Å²) in [5.74, 6) is 1.28. The fourth-order valence-electron chi connectivity index (χ4n) is 2.12. The van der Waals surface area contributed by atoms with E-state index in [0.717, 1.165) is 11.4 Å². The zero-order valence-electron chi connectivity index (χ0n) is 13.1. The molecule has 2 rings (SSSR count). The second kappa shape index (κ2) is 7.56. The normalized spacial score (nSPS) is 11.8. The first-order chi connectivity index (χ1) is 10.7. The summed E-state index contributed by atoms with van der Waals surface area (Å²) in [4.78, 5) is 2.11. The average Bonchev–Trinajstić information content (AvgIpc) is 2.55. The molecule has 0 saturated heterocycles. The molecule has 0 spiro atoms. The molecule has 0 aliphatic rings. The molecule has 2 aromatic rings. The summed E-state index contributed by atoms with van der Waals surface area (Å²) in [6, 6.07) is 15.3. The van der Waals surface area contributed by atoms with Crippen molar-refractivity contribution in [3.63, 3.8) is 0 Å². The van der Waals surface area contributed by atoms with Gasteiger partial charge in [-0.2, -0.15) is 5.11 Å². The summed E-state index contributed by atoms with van der Waals surface area (Å²) in [6.07, 6.45) is 0. The highest BCUT2D eigenvalue weighted by Gasteiger charge is 2.13. The molecule has 0 aromatic heterocycles. The van der Waals surface area contributed by atoms with Gasteiger partial charge in [0.15, 0.2) is 5.75 Å². The third-order valence-electron chi connectivity index (χ3n) is 3.51. The lowest BCUT2D eigenvalue weighted by molar-refractivity contribution is 0.183. The number of methoxy groups -OCH3 is 1. The van der Waals surface area contributed by atoms with Gasteiger partial charge in [-0.05, 0) is 31.2 Å². The van der Waals surface area contributed by atoms with E-state index in [9.17, 15) is 0 Å². The molecule has 0 aliphatic carbocycles. The SMILES string of the molecule is COCC(C)N(C)c1ccc(N=N)c(Oc2ccccc2)c1. The number of rotatable bonds is 7. The highest BCUT2D eigenvalue weighted by atomic mass is 16.5. The van der Waals surface area contributed by atoms with Crippen molar-refractivity contribution in [2.75, 3.05) is 25.7 Å². The quantitative estimate of drug-likeness (QED) is 0.759. The van der Waals surface area contributed by atoms with E-state index in [0.29, 0.717) is 18.0 Å². The van der Waals surface area contributed by atoms with E-state index < -0.39 is 0 Å². The molecule has 5 nitrogen and oxygen atoms in total. The Labute approximate surface area is 131 Å². The molecule has 0 radical (unpaired) electrons. The second-order valence-corrected chi connectivity index (χ2v) is 5.09. The maximum Gasteiger partial charge on any atom is 0.156 e. The zero-order valence-corrected chi connectivity index (χ0v) is 13.1. The van der Waals surface area contributed by atoms with Crippen LogP contribution in [0.2, 0.25) is 0 Å². The summed E-state index contributed by atoms with van der Waals surface area (Å²) in [5.41, 5.74) is 8.78. The van der Waals surface area contributed by atoms with Gasteiger partial charge in [-0.25, -0.2) is 5.53 Å². The van der Waals surface area contributed by atoms with Crippen LogP contribution in [0.4, 0.5) is 11.4 Å². The molecule has 1 atom stereocenters. The summed E-state index contributed by atoms with van der Waals surface area (Å²) in [6.45, 7) is 2.72. The van der Waals surface area contributed by atoms with Crippen LogP contribution in [0.1, 0.15) is 6.92 Å². The van der Waals surface area contributed by atoms with E-state index in [1.807, 2.05) is 49.5 Å². The fourth-order valence-corrected chi connectivity index (χ4v) is 2.12. The number of hydrogen-bond donors (Lipinski definition) is 1. The summed E-state index contributed by atoms with van der Waals surface area (Å²) >= 11 is 0. The first-order valence-corrected chi connectivity index (χ1v) is 7.12. The number of nitrogens with one attached hydrogen (secondary N) is 1. The van der Waals surface area contributed by atoms with E-state index in [-0.39, 0.29) is 6.04 Å². The minimum absolute atomic E-state index is 0.230. The van der Waals surface area contributed by atoms with Gasteiger partial charge >= 0.3 is 0 Å². The molecule has 0 saturated carbocycles. The number of benzene rings is 2. The Bertz CT molecular complexity index is 617. The predicted octanol–water partition coefficient (Wildman–Crippen LogP) is 4.61. The molecule has 2 aromatic carbocycles.